The molecule has 11 nitrogen and oxygen atoms in total. The summed E-state index contributed by atoms with van der Waals surface area (Å²) in [7, 11) is -4.71. The number of carboxylic acids is 1. The van der Waals surface area contributed by atoms with Crippen molar-refractivity contribution in [3.05, 3.63) is 0 Å². The van der Waals surface area contributed by atoms with Gasteiger partial charge in [-0.2, -0.15) is 0 Å². The molecular weight excluding hydrogens is 781 g/mol. The van der Waals surface area contributed by atoms with Crippen molar-refractivity contribution in [2.24, 2.45) is 5.73 Å². The SMILES string of the molecule is CCCCCCCCCCCCCCCCCCCCCCCC(=O)OC[C@@H](COP(=O)(O)OC[C@H](N)C(=O)O)OC(=O)CCCCCCCCCCCCCCCCC. The van der Waals surface area contributed by atoms with E-state index in [2.05, 4.69) is 18.4 Å². The standard InChI is InChI=1S/C48H94NO10P/c1-3-5-7-9-11-13-15-17-19-20-21-22-23-24-26-27-29-31-33-35-37-39-46(50)56-41-44(42-57-60(54,55)58-43-45(49)48(52)53)59-47(51)40-38-36-34-32-30-28-25-18-16-14-12-10-8-6-4-2/h44-45H,3-43,49H2,1-2H3,(H,52,53)(H,54,55)/t44-,45-/m0/s1. The van der Waals surface area contributed by atoms with E-state index in [4.69, 9.17) is 24.8 Å². The third-order valence-electron chi connectivity index (χ3n) is 11.4. The van der Waals surface area contributed by atoms with Crippen LogP contribution in [0.25, 0.3) is 0 Å². The molecule has 0 saturated heterocycles. The molecule has 4 N–H and O–H groups in total. The highest BCUT2D eigenvalue weighted by Gasteiger charge is 2.28. The van der Waals surface area contributed by atoms with E-state index >= 15 is 0 Å². The highest BCUT2D eigenvalue weighted by Crippen LogP contribution is 2.43. The van der Waals surface area contributed by atoms with Crippen molar-refractivity contribution < 1.29 is 47.5 Å². The fourth-order valence-corrected chi connectivity index (χ4v) is 8.20. The molecule has 0 aromatic heterocycles. The molecule has 356 valence electrons. The fourth-order valence-electron chi connectivity index (χ4n) is 7.42. The zero-order valence-electron chi connectivity index (χ0n) is 38.8. The summed E-state index contributed by atoms with van der Waals surface area (Å²) in [5, 5.41) is 8.91. The van der Waals surface area contributed by atoms with E-state index in [0.717, 1.165) is 38.5 Å². The number of esters is 2. The van der Waals surface area contributed by atoms with Crippen LogP contribution in [0.5, 0.6) is 0 Å². The first-order valence-corrected chi connectivity index (χ1v) is 26.6. The molecule has 0 rings (SSSR count). The van der Waals surface area contributed by atoms with Gasteiger partial charge in [-0.25, -0.2) is 4.57 Å². The average molecular weight is 876 g/mol. The van der Waals surface area contributed by atoms with Crippen LogP contribution < -0.4 is 5.73 Å². The lowest BCUT2D eigenvalue weighted by Crippen LogP contribution is -2.34. The predicted octanol–water partition coefficient (Wildman–Crippen LogP) is 13.9. The first-order valence-electron chi connectivity index (χ1n) is 25.1. The lowest BCUT2D eigenvalue weighted by molar-refractivity contribution is -0.161. The van der Waals surface area contributed by atoms with Crippen LogP contribution in [0.15, 0.2) is 0 Å². The van der Waals surface area contributed by atoms with Crippen molar-refractivity contribution in [2.75, 3.05) is 19.8 Å². The molecule has 0 heterocycles. The van der Waals surface area contributed by atoms with Gasteiger partial charge >= 0.3 is 25.7 Å². The minimum Gasteiger partial charge on any atom is -0.480 e. The average Bonchev–Trinajstić information content (AvgIpc) is 3.22. The molecule has 12 heteroatoms. The van der Waals surface area contributed by atoms with Crippen LogP contribution in [0, 0.1) is 0 Å². The van der Waals surface area contributed by atoms with E-state index in [0.29, 0.717) is 12.8 Å². The van der Waals surface area contributed by atoms with Crippen LogP contribution in [-0.4, -0.2) is 59.9 Å². The zero-order chi connectivity index (χ0) is 44.2. The van der Waals surface area contributed by atoms with Crippen molar-refractivity contribution in [3.8, 4) is 0 Å². The number of unbranched alkanes of at least 4 members (excludes halogenated alkanes) is 34. The Labute approximate surface area is 367 Å². The Balaban J connectivity index is 4.18. The van der Waals surface area contributed by atoms with Crippen molar-refractivity contribution in [1.29, 1.82) is 0 Å². The number of rotatable bonds is 48. The molecule has 0 aliphatic heterocycles. The monoisotopic (exact) mass is 876 g/mol. The molecule has 0 bridgehead atoms. The molecular formula is C48H94NO10P. The Hall–Kier alpha value is -1.52. The van der Waals surface area contributed by atoms with Crippen molar-refractivity contribution >= 4 is 25.7 Å². The molecule has 3 atom stereocenters. The summed E-state index contributed by atoms with van der Waals surface area (Å²) in [6, 6.07) is -1.52. The van der Waals surface area contributed by atoms with E-state index in [1.165, 1.54) is 180 Å². The lowest BCUT2D eigenvalue weighted by atomic mass is 10.0. The highest BCUT2D eigenvalue weighted by molar-refractivity contribution is 7.47. The summed E-state index contributed by atoms with van der Waals surface area (Å²) < 4.78 is 32.8. The number of nitrogens with two attached hydrogens (primary N) is 1. The van der Waals surface area contributed by atoms with Crippen molar-refractivity contribution in [1.82, 2.24) is 0 Å². The van der Waals surface area contributed by atoms with E-state index in [9.17, 15) is 23.8 Å². The van der Waals surface area contributed by atoms with E-state index in [-0.39, 0.29) is 19.4 Å². The van der Waals surface area contributed by atoms with Gasteiger partial charge in [-0.3, -0.25) is 23.4 Å². The number of carbonyl (C=O) groups is 3. The second kappa shape index (κ2) is 44.1. The van der Waals surface area contributed by atoms with Gasteiger partial charge in [0.2, 0.25) is 0 Å². The molecule has 0 aliphatic rings. The van der Waals surface area contributed by atoms with Crippen LogP contribution in [0.1, 0.15) is 258 Å². The maximum absolute atomic E-state index is 12.7. The number of carbonyl (C=O) groups excluding carboxylic acids is 2. The zero-order valence-corrected chi connectivity index (χ0v) is 39.7. The maximum Gasteiger partial charge on any atom is 0.472 e. The van der Waals surface area contributed by atoms with Crippen LogP contribution >= 0.6 is 7.82 Å². The van der Waals surface area contributed by atoms with Gasteiger partial charge in [0.25, 0.3) is 0 Å². The Bertz CT molecular complexity index is 1030. The second-order valence-electron chi connectivity index (χ2n) is 17.3. The number of hydrogen-bond acceptors (Lipinski definition) is 9. The molecule has 0 saturated carbocycles. The quantitative estimate of drug-likeness (QED) is 0.0302. The van der Waals surface area contributed by atoms with Crippen molar-refractivity contribution in [3.63, 3.8) is 0 Å². The number of hydrogen-bond donors (Lipinski definition) is 3. The maximum atomic E-state index is 12.7. The number of ether oxygens (including phenoxy) is 2. The molecule has 0 fully saturated rings. The van der Waals surface area contributed by atoms with Crippen LogP contribution in [-0.2, 0) is 37.5 Å². The van der Waals surface area contributed by atoms with Crippen LogP contribution in [0.2, 0.25) is 0 Å². The number of aliphatic carboxylic acids is 1. The normalized spacial score (nSPS) is 13.5. The Morgan fingerprint density at radius 1 is 0.450 bits per heavy atom. The highest BCUT2D eigenvalue weighted by atomic mass is 31.2. The molecule has 0 amide bonds. The van der Waals surface area contributed by atoms with Gasteiger partial charge < -0.3 is 25.2 Å². The first-order chi connectivity index (χ1) is 29.1. The summed E-state index contributed by atoms with van der Waals surface area (Å²) in [6.07, 6.45) is 44.5. The molecule has 1 unspecified atom stereocenters. The third-order valence-corrected chi connectivity index (χ3v) is 12.3. The van der Waals surface area contributed by atoms with Crippen LogP contribution in [0.4, 0.5) is 0 Å². The van der Waals surface area contributed by atoms with E-state index in [1.54, 1.807) is 0 Å². The summed E-state index contributed by atoms with van der Waals surface area (Å²) in [5.74, 6) is -2.35. The molecule has 0 aliphatic carbocycles. The number of phosphoric ester groups is 1. The first kappa shape index (κ1) is 58.5. The van der Waals surface area contributed by atoms with Crippen molar-refractivity contribution in [2.45, 2.75) is 270 Å². The number of phosphoric acid groups is 1. The van der Waals surface area contributed by atoms with E-state index in [1.807, 2.05) is 0 Å². The minimum atomic E-state index is -4.71. The topological polar surface area (TPSA) is 172 Å². The van der Waals surface area contributed by atoms with Gasteiger partial charge in [-0.05, 0) is 12.8 Å². The molecule has 0 radical (unpaired) electrons. The third kappa shape index (κ3) is 43.1. The van der Waals surface area contributed by atoms with Gasteiger partial charge in [-0.1, -0.05) is 232 Å². The minimum absolute atomic E-state index is 0.170. The largest absolute Gasteiger partial charge is 0.480 e. The Morgan fingerprint density at radius 2 is 0.733 bits per heavy atom. The smallest absolute Gasteiger partial charge is 0.472 e. The molecule has 60 heavy (non-hydrogen) atoms. The second-order valence-corrected chi connectivity index (χ2v) is 18.8. The van der Waals surface area contributed by atoms with Gasteiger partial charge in [0.15, 0.2) is 6.10 Å². The van der Waals surface area contributed by atoms with Gasteiger partial charge in [0, 0.05) is 12.8 Å². The summed E-state index contributed by atoms with van der Waals surface area (Å²) in [5.41, 5.74) is 5.35. The number of carboxylic acid groups (broad SMARTS) is 1. The predicted molar refractivity (Wildman–Crippen MR) is 245 cm³/mol. The summed E-state index contributed by atoms with van der Waals surface area (Å²) in [6.45, 7) is 2.86. The molecule has 0 aromatic carbocycles. The Kier molecular flexibility index (Phi) is 43.0. The fraction of sp³-hybridized carbons (Fsp3) is 0.938. The molecule has 0 aromatic rings. The lowest BCUT2D eigenvalue weighted by Gasteiger charge is -2.20. The van der Waals surface area contributed by atoms with Crippen LogP contribution in [0.3, 0.4) is 0 Å². The van der Waals surface area contributed by atoms with Gasteiger partial charge in [0.05, 0.1) is 13.2 Å². The molecule has 0 spiro atoms. The summed E-state index contributed by atoms with van der Waals surface area (Å²) in [4.78, 5) is 46.1. The summed E-state index contributed by atoms with van der Waals surface area (Å²) >= 11 is 0. The van der Waals surface area contributed by atoms with E-state index < -0.39 is 51.1 Å². The Morgan fingerprint density at radius 3 is 1.05 bits per heavy atom. The van der Waals surface area contributed by atoms with Gasteiger partial charge in [0.1, 0.15) is 12.6 Å². The van der Waals surface area contributed by atoms with Gasteiger partial charge in [-0.15, -0.1) is 0 Å².